The molecule has 0 aliphatic carbocycles. The Morgan fingerprint density at radius 2 is 1.94 bits per heavy atom. The average Bonchev–Trinajstić information content (AvgIpc) is 3.25. The Hall–Kier alpha value is -4.46. The van der Waals surface area contributed by atoms with Gasteiger partial charge in [-0.15, -0.1) is 0 Å². The maximum absolute atomic E-state index is 12.9. The van der Waals surface area contributed by atoms with Crippen LogP contribution in [0.15, 0.2) is 88.5 Å². The van der Waals surface area contributed by atoms with E-state index < -0.39 is 5.56 Å². The van der Waals surface area contributed by atoms with Gasteiger partial charge in [0.15, 0.2) is 0 Å². The number of amides is 1. The monoisotopic (exact) mass is 454 g/mol. The van der Waals surface area contributed by atoms with Crippen LogP contribution < -0.4 is 15.6 Å². The van der Waals surface area contributed by atoms with Crippen LogP contribution in [0.1, 0.15) is 24.2 Å². The van der Waals surface area contributed by atoms with E-state index in [-0.39, 0.29) is 24.1 Å². The summed E-state index contributed by atoms with van der Waals surface area (Å²) in [5.74, 6) is 0.367. The molecule has 34 heavy (non-hydrogen) atoms. The average molecular weight is 454 g/mol. The van der Waals surface area contributed by atoms with Crippen LogP contribution in [0, 0.1) is 0 Å². The number of pyridine rings is 1. The smallest absolute Gasteiger partial charge is 0.297 e. The summed E-state index contributed by atoms with van der Waals surface area (Å²) in [5.41, 5.74) is 2.53. The molecule has 1 amide bonds. The Morgan fingerprint density at radius 3 is 2.79 bits per heavy atom. The van der Waals surface area contributed by atoms with E-state index in [1.54, 1.807) is 12.3 Å². The van der Waals surface area contributed by atoms with E-state index in [2.05, 4.69) is 15.3 Å². The minimum Gasteiger partial charge on any atom is -0.487 e. The fourth-order valence-corrected chi connectivity index (χ4v) is 3.77. The van der Waals surface area contributed by atoms with Crippen LogP contribution in [-0.4, -0.2) is 20.4 Å². The number of para-hydroxylation sites is 1. The lowest BCUT2D eigenvalue weighted by Gasteiger charge is -2.16. The quantitative estimate of drug-likeness (QED) is 0.399. The van der Waals surface area contributed by atoms with Crippen molar-refractivity contribution in [3.63, 3.8) is 0 Å². The van der Waals surface area contributed by atoms with Crippen LogP contribution in [0.4, 0.5) is 0 Å². The lowest BCUT2D eigenvalue weighted by molar-refractivity contribution is -0.122. The highest BCUT2D eigenvalue weighted by atomic mass is 16.5. The number of hydrogen-bond acceptors (Lipinski definition) is 6. The van der Waals surface area contributed by atoms with Gasteiger partial charge in [0.2, 0.25) is 11.5 Å². The molecule has 1 atom stereocenters. The molecule has 8 heteroatoms. The fraction of sp³-hybridized carbons (Fsp3) is 0.154. The number of aromatic nitrogens is 3. The molecule has 5 aromatic rings. The van der Waals surface area contributed by atoms with Crippen molar-refractivity contribution in [2.45, 2.75) is 26.1 Å². The maximum atomic E-state index is 12.9. The summed E-state index contributed by atoms with van der Waals surface area (Å²) >= 11 is 0. The highest BCUT2D eigenvalue weighted by Crippen LogP contribution is 2.24. The van der Waals surface area contributed by atoms with Gasteiger partial charge in [-0.25, -0.2) is 4.98 Å². The van der Waals surface area contributed by atoms with Gasteiger partial charge in [0.05, 0.1) is 18.1 Å². The number of furan rings is 1. The first-order chi connectivity index (χ1) is 16.6. The van der Waals surface area contributed by atoms with Crippen molar-refractivity contribution < 1.29 is 13.9 Å². The molecule has 3 aromatic heterocycles. The number of fused-ring (bicyclic) bond motifs is 3. The minimum absolute atomic E-state index is 0.141. The van der Waals surface area contributed by atoms with Crippen LogP contribution in [0.2, 0.25) is 0 Å². The van der Waals surface area contributed by atoms with E-state index in [9.17, 15) is 9.59 Å². The highest BCUT2D eigenvalue weighted by Gasteiger charge is 2.16. The first-order valence-electron chi connectivity index (χ1n) is 10.9. The predicted molar refractivity (Wildman–Crippen MR) is 127 cm³/mol. The molecule has 170 valence electrons. The van der Waals surface area contributed by atoms with Gasteiger partial charge in [-0.3, -0.25) is 19.1 Å². The molecule has 0 radical (unpaired) electrons. The Balaban J connectivity index is 1.26. The van der Waals surface area contributed by atoms with E-state index in [0.717, 1.165) is 16.6 Å². The van der Waals surface area contributed by atoms with Gasteiger partial charge in [0, 0.05) is 11.6 Å². The van der Waals surface area contributed by atoms with Crippen molar-refractivity contribution in [2.24, 2.45) is 0 Å². The number of nitrogens with one attached hydrogen (secondary N) is 1. The van der Waals surface area contributed by atoms with Crippen LogP contribution in [0.25, 0.3) is 22.1 Å². The van der Waals surface area contributed by atoms with Crippen molar-refractivity contribution in [2.75, 3.05) is 0 Å². The number of nitrogens with zero attached hydrogens (tertiary/aromatic N) is 3. The fourth-order valence-electron chi connectivity index (χ4n) is 3.77. The molecule has 0 bridgehead atoms. The van der Waals surface area contributed by atoms with Gasteiger partial charge in [0.25, 0.3) is 5.56 Å². The first kappa shape index (κ1) is 21.4. The van der Waals surface area contributed by atoms with E-state index >= 15 is 0 Å². The molecule has 8 nitrogen and oxygen atoms in total. The van der Waals surface area contributed by atoms with Gasteiger partial charge < -0.3 is 14.5 Å². The molecule has 5 rings (SSSR count). The van der Waals surface area contributed by atoms with Gasteiger partial charge in [-0.2, -0.15) is 0 Å². The summed E-state index contributed by atoms with van der Waals surface area (Å²) in [6.45, 7) is 2.06. The van der Waals surface area contributed by atoms with E-state index in [1.165, 1.54) is 10.9 Å². The Bertz CT molecular complexity index is 1520. The Labute approximate surface area is 194 Å². The molecule has 1 N–H and O–H groups in total. The van der Waals surface area contributed by atoms with Gasteiger partial charge in [-0.05, 0) is 48.9 Å². The number of benzene rings is 2. The predicted octanol–water partition coefficient (Wildman–Crippen LogP) is 3.99. The van der Waals surface area contributed by atoms with Crippen LogP contribution in [-0.2, 0) is 17.9 Å². The number of carbonyl (C=O) groups excluding carboxylic acids is 1. The summed E-state index contributed by atoms with van der Waals surface area (Å²) in [6, 6.07) is 20.2. The van der Waals surface area contributed by atoms with Crippen molar-refractivity contribution in [1.82, 2.24) is 19.9 Å². The summed E-state index contributed by atoms with van der Waals surface area (Å²) in [7, 11) is 0. The van der Waals surface area contributed by atoms with Crippen LogP contribution in [0.3, 0.4) is 0 Å². The zero-order chi connectivity index (χ0) is 23.5. The maximum Gasteiger partial charge on any atom is 0.297 e. The molecule has 3 heterocycles. The summed E-state index contributed by atoms with van der Waals surface area (Å²) in [5, 5.41) is 3.69. The SMILES string of the molecule is CC(NC(=O)Cn1cnc2c(oc3ccccc32)c1=O)c1cccc(OCc2ccccn2)c1. The third-order valence-electron chi connectivity index (χ3n) is 5.51. The normalized spacial score (nSPS) is 12.0. The number of ether oxygens (including phenoxy) is 1. The Morgan fingerprint density at radius 1 is 1.09 bits per heavy atom. The molecule has 0 aliphatic heterocycles. The molecule has 0 spiro atoms. The molecular formula is C26H22N4O4. The largest absolute Gasteiger partial charge is 0.487 e. The summed E-state index contributed by atoms with van der Waals surface area (Å²) in [4.78, 5) is 34.1. The zero-order valence-electron chi connectivity index (χ0n) is 18.5. The van der Waals surface area contributed by atoms with Crippen molar-refractivity contribution in [1.29, 1.82) is 0 Å². The number of hydrogen-bond donors (Lipinski definition) is 1. The minimum atomic E-state index is -0.395. The molecule has 0 fully saturated rings. The van der Waals surface area contributed by atoms with E-state index in [1.807, 2.05) is 67.6 Å². The molecule has 1 unspecified atom stereocenters. The third kappa shape index (κ3) is 4.38. The topological polar surface area (TPSA) is 99.2 Å². The summed E-state index contributed by atoms with van der Waals surface area (Å²) < 4.78 is 12.8. The molecule has 0 saturated heterocycles. The van der Waals surface area contributed by atoms with Crippen molar-refractivity contribution in [3.05, 3.63) is 101 Å². The second kappa shape index (κ2) is 9.19. The number of rotatable bonds is 7. The molecule has 2 aromatic carbocycles. The van der Waals surface area contributed by atoms with Crippen molar-refractivity contribution >= 4 is 28.0 Å². The molecule has 0 aliphatic rings. The lowest BCUT2D eigenvalue weighted by atomic mass is 10.1. The highest BCUT2D eigenvalue weighted by molar-refractivity contribution is 6.01. The van der Waals surface area contributed by atoms with Crippen LogP contribution in [0.5, 0.6) is 5.75 Å². The molecular weight excluding hydrogens is 432 g/mol. The Kier molecular flexibility index (Phi) is 5.78. The lowest BCUT2D eigenvalue weighted by Crippen LogP contribution is -2.33. The second-order valence-corrected chi connectivity index (χ2v) is 7.93. The standard InChI is InChI=1S/C26H22N4O4/c1-17(18-7-6-9-20(13-18)33-15-19-8-4-5-12-27-19)29-23(31)14-30-16-28-24-21-10-2-3-11-22(21)34-25(24)26(30)32/h2-13,16-17H,14-15H2,1H3,(H,29,31). The van der Waals surface area contributed by atoms with E-state index in [0.29, 0.717) is 23.5 Å². The second-order valence-electron chi connectivity index (χ2n) is 7.93. The van der Waals surface area contributed by atoms with E-state index in [4.69, 9.17) is 9.15 Å². The summed E-state index contributed by atoms with van der Waals surface area (Å²) in [6.07, 6.45) is 3.10. The third-order valence-corrected chi connectivity index (χ3v) is 5.51. The van der Waals surface area contributed by atoms with Gasteiger partial charge in [0.1, 0.15) is 30.0 Å². The zero-order valence-corrected chi connectivity index (χ0v) is 18.5. The molecule has 0 saturated carbocycles. The van der Waals surface area contributed by atoms with Gasteiger partial charge >= 0.3 is 0 Å². The van der Waals surface area contributed by atoms with Gasteiger partial charge in [-0.1, -0.05) is 30.3 Å². The first-order valence-corrected chi connectivity index (χ1v) is 10.9. The van der Waals surface area contributed by atoms with Crippen LogP contribution >= 0.6 is 0 Å². The number of carbonyl (C=O) groups is 1. The van der Waals surface area contributed by atoms with Crippen molar-refractivity contribution in [3.8, 4) is 5.75 Å².